The summed E-state index contributed by atoms with van der Waals surface area (Å²) in [5, 5.41) is 2.39. The van der Waals surface area contributed by atoms with Gasteiger partial charge in [-0.25, -0.2) is 9.59 Å². The van der Waals surface area contributed by atoms with Crippen LogP contribution in [0.1, 0.15) is 33.2 Å². The van der Waals surface area contributed by atoms with Crippen LogP contribution in [-0.4, -0.2) is 24.9 Å². The highest BCUT2D eigenvalue weighted by atomic mass is 16.5. The molecule has 0 heterocycles. The largest absolute Gasteiger partial charge is 0.496 e. The number of primary amides is 1. The van der Waals surface area contributed by atoms with E-state index in [0.717, 1.165) is 0 Å². The fourth-order valence-electron chi connectivity index (χ4n) is 2.20. The van der Waals surface area contributed by atoms with Crippen molar-refractivity contribution >= 4 is 23.5 Å². The number of nitrogens with one attached hydrogen (secondary N) is 1. The average Bonchev–Trinajstić information content (AvgIpc) is 2.58. The molecule has 7 nitrogen and oxygen atoms in total. The van der Waals surface area contributed by atoms with Crippen molar-refractivity contribution in [1.29, 1.82) is 0 Å². The van der Waals surface area contributed by atoms with Crippen LogP contribution in [0.2, 0.25) is 0 Å². The minimum atomic E-state index is -0.726. The second kappa shape index (κ2) is 7.96. The Balaban J connectivity index is 2.13. The highest BCUT2D eigenvalue weighted by Crippen LogP contribution is 2.22. The van der Waals surface area contributed by atoms with Gasteiger partial charge >= 0.3 is 12.0 Å². The molecular weight excluding hydrogens is 324 g/mol. The van der Waals surface area contributed by atoms with E-state index in [0.29, 0.717) is 22.6 Å². The molecule has 0 saturated carbocycles. The molecule has 0 bridgehead atoms. The topological polar surface area (TPSA) is 108 Å². The van der Waals surface area contributed by atoms with E-state index in [1.807, 2.05) is 0 Å². The summed E-state index contributed by atoms with van der Waals surface area (Å²) in [7, 11) is 1.49. The molecule has 3 N–H and O–H groups in total. The Morgan fingerprint density at radius 1 is 1.08 bits per heavy atom. The quantitative estimate of drug-likeness (QED) is 0.620. The lowest BCUT2D eigenvalue weighted by molar-refractivity contribution is 0.0470. The highest BCUT2D eigenvalue weighted by Gasteiger charge is 2.12. The molecule has 2 aromatic carbocycles. The smallest absolute Gasteiger partial charge is 0.338 e. The van der Waals surface area contributed by atoms with E-state index in [9.17, 15) is 14.4 Å². The van der Waals surface area contributed by atoms with Gasteiger partial charge in [0.15, 0.2) is 5.78 Å². The van der Waals surface area contributed by atoms with Crippen LogP contribution in [0.5, 0.6) is 5.75 Å². The maximum atomic E-state index is 12.2. The van der Waals surface area contributed by atoms with Crippen molar-refractivity contribution in [3.8, 4) is 5.75 Å². The predicted molar refractivity (Wildman–Crippen MR) is 91.8 cm³/mol. The number of amides is 2. The van der Waals surface area contributed by atoms with Gasteiger partial charge in [-0.3, -0.25) is 4.79 Å². The molecule has 0 radical (unpaired) electrons. The average molecular weight is 342 g/mol. The van der Waals surface area contributed by atoms with Crippen LogP contribution < -0.4 is 15.8 Å². The summed E-state index contributed by atoms with van der Waals surface area (Å²) in [6.45, 7) is 1.39. The molecule has 0 spiro atoms. The van der Waals surface area contributed by atoms with Crippen molar-refractivity contribution in [2.45, 2.75) is 13.5 Å². The summed E-state index contributed by atoms with van der Waals surface area (Å²) in [6, 6.07) is 10.4. The highest BCUT2D eigenvalue weighted by molar-refractivity contribution is 5.95. The summed E-state index contributed by atoms with van der Waals surface area (Å²) in [5.74, 6) is -0.161. The van der Waals surface area contributed by atoms with Gasteiger partial charge in [-0.1, -0.05) is 6.07 Å². The Hall–Kier alpha value is -3.35. The third-order valence-electron chi connectivity index (χ3n) is 3.41. The first-order valence-electron chi connectivity index (χ1n) is 7.42. The first-order chi connectivity index (χ1) is 11.9. The zero-order valence-corrected chi connectivity index (χ0v) is 13.9. The molecule has 2 amide bonds. The van der Waals surface area contributed by atoms with Crippen molar-refractivity contribution in [2.24, 2.45) is 5.73 Å². The molecule has 0 aromatic heterocycles. The van der Waals surface area contributed by atoms with Crippen LogP contribution >= 0.6 is 0 Å². The number of benzene rings is 2. The van der Waals surface area contributed by atoms with Crippen molar-refractivity contribution in [3.05, 3.63) is 59.2 Å². The third-order valence-corrected chi connectivity index (χ3v) is 3.41. The van der Waals surface area contributed by atoms with Gasteiger partial charge in [-0.15, -0.1) is 0 Å². The first-order valence-corrected chi connectivity index (χ1v) is 7.42. The van der Waals surface area contributed by atoms with Crippen LogP contribution in [0.25, 0.3) is 0 Å². The van der Waals surface area contributed by atoms with E-state index >= 15 is 0 Å². The molecule has 130 valence electrons. The number of carbonyl (C=O) groups excluding carboxylic acids is 3. The molecule has 0 unspecified atom stereocenters. The Morgan fingerprint density at radius 3 is 2.48 bits per heavy atom. The minimum absolute atomic E-state index is 0.0589. The molecule has 0 aliphatic rings. The minimum Gasteiger partial charge on any atom is -0.496 e. The number of nitrogens with two attached hydrogens (primary N) is 1. The second-order valence-corrected chi connectivity index (χ2v) is 5.23. The zero-order chi connectivity index (χ0) is 18.4. The van der Waals surface area contributed by atoms with Gasteiger partial charge in [0.2, 0.25) is 0 Å². The van der Waals surface area contributed by atoms with Gasteiger partial charge in [0.1, 0.15) is 12.4 Å². The van der Waals surface area contributed by atoms with Gasteiger partial charge in [0.25, 0.3) is 0 Å². The Labute approximate surface area is 144 Å². The van der Waals surface area contributed by atoms with E-state index < -0.39 is 12.0 Å². The van der Waals surface area contributed by atoms with Crippen molar-refractivity contribution in [3.63, 3.8) is 0 Å². The molecule has 25 heavy (non-hydrogen) atoms. The van der Waals surface area contributed by atoms with Gasteiger partial charge < -0.3 is 20.5 Å². The molecule has 0 fully saturated rings. The predicted octanol–water partition coefficient (Wildman–Crippen LogP) is 2.75. The lowest BCUT2D eigenvalue weighted by Crippen LogP contribution is -2.19. The number of hydrogen-bond donors (Lipinski definition) is 2. The van der Waals surface area contributed by atoms with Gasteiger partial charge in [0, 0.05) is 16.8 Å². The number of hydrogen-bond acceptors (Lipinski definition) is 5. The van der Waals surface area contributed by atoms with Crippen LogP contribution in [0.4, 0.5) is 10.5 Å². The zero-order valence-electron chi connectivity index (χ0n) is 13.9. The van der Waals surface area contributed by atoms with Gasteiger partial charge in [0.05, 0.1) is 12.7 Å². The summed E-state index contributed by atoms with van der Waals surface area (Å²) >= 11 is 0. The van der Waals surface area contributed by atoms with E-state index in [4.69, 9.17) is 15.2 Å². The number of Topliss-reactive ketones (excluding diaryl/α,β-unsaturated/α-hetero) is 1. The monoisotopic (exact) mass is 342 g/mol. The van der Waals surface area contributed by atoms with E-state index in [-0.39, 0.29) is 18.0 Å². The molecule has 0 aliphatic carbocycles. The normalized spacial score (nSPS) is 10.0. The summed E-state index contributed by atoms with van der Waals surface area (Å²) in [4.78, 5) is 34.6. The van der Waals surface area contributed by atoms with Crippen LogP contribution in [0, 0.1) is 0 Å². The number of ether oxygens (including phenoxy) is 2. The number of ketones is 1. The van der Waals surface area contributed by atoms with E-state index in [1.54, 1.807) is 36.4 Å². The fourth-order valence-corrected chi connectivity index (χ4v) is 2.20. The van der Waals surface area contributed by atoms with Crippen LogP contribution in [-0.2, 0) is 11.3 Å². The standard InChI is InChI=1S/C18H18N2O5/c1-11(21)12-6-7-16(24-2)14(8-12)10-25-17(22)13-4-3-5-15(9-13)20-18(19)23/h3-9H,10H2,1-2H3,(H3,19,20,23). The third kappa shape index (κ3) is 4.81. The number of urea groups is 1. The molecule has 0 aliphatic heterocycles. The van der Waals surface area contributed by atoms with Crippen molar-refractivity contribution in [1.82, 2.24) is 0 Å². The number of esters is 1. The SMILES string of the molecule is COc1ccc(C(C)=O)cc1COC(=O)c1cccc(NC(N)=O)c1. The molecule has 0 atom stereocenters. The van der Waals surface area contributed by atoms with E-state index in [1.165, 1.54) is 20.1 Å². The number of rotatable bonds is 6. The molecule has 2 aromatic rings. The number of carbonyl (C=O) groups is 3. The Kier molecular flexibility index (Phi) is 5.73. The maximum absolute atomic E-state index is 12.2. The summed E-state index contributed by atoms with van der Waals surface area (Å²) < 4.78 is 10.5. The molecule has 7 heteroatoms. The summed E-state index contributed by atoms with van der Waals surface area (Å²) in [5.41, 5.74) is 6.77. The van der Waals surface area contributed by atoms with Gasteiger partial charge in [-0.05, 0) is 43.3 Å². The van der Waals surface area contributed by atoms with Crippen molar-refractivity contribution in [2.75, 3.05) is 12.4 Å². The van der Waals surface area contributed by atoms with Gasteiger partial charge in [-0.2, -0.15) is 0 Å². The fraction of sp³-hybridized carbons (Fsp3) is 0.167. The van der Waals surface area contributed by atoms with Crippen LogP contribution in [0.15, 0.2) is 42.5 Å². The number of anilines is 1. The molecular formula is C18H18N2O5. The summed E-state index contributed by atoms with van der Waals surface area (Å²) in [6.07, 6.45) is 0. The Morgan fingerprint density at radius 2 is 1.84 bits per heavy atom. The molecule has 0 saturated heterocycles. The number of methoxy groups -OCH3 is 1. The lowest BCUT2D eigenvalue weighted by atomic mass is 10.1. The van der Waals surface area contributed by atoms with Crippen molar-refractivity contribution < 1.29 is 23.9 Å². The first kappa shape index (κ1) is 18.0. The maximum Gasteiger partial charge on any atom is 0.338 e. The van der Waals surface area contributed by atoms with E-state index in [2.05, 4.69) is 5.32 Å². The second-order valence-electron chi connectivity index (χ2n) is 5.23. The molecule has 2 rings (SSSR count). The Bertz CT molecular complexity index is 817. The lowest BCUT2D eigenvalue weighted by Gasteiger charge is -2.11. The van der Waals surface area contributed by atoms with Crippen LogP contribution in [0.3, 0.4) is 0 Å².